The van der Waals surface area contributed by atoms with Crippen molar-refractivity contribution in [1.82, 2.24) is 0 Å². The second-order valence-corrected chi connectivity index (χ2v) is 6.32. The lowest BCUT2D eigenvalue weighted by atomic mass is 9.73. The van der Waals surface area contributed by atoms with Crippen molar-refractivity contribution >= 4 is 24.0 Å². The van der Waals surface area contributed by atoms with Gasteiger partial charge in [0.15, 0.2) is 0 Å². The fourth-order valence-corrected chi connectivity index (χ4v) is 3.21. The molecule has 0 saturated carbocycles. The van der Waals surface area contributed by atoms with E-state index in [1.807, 2.05) is 0 Å². The van der Waals surface area contributed by atoms with E-state index in [1.165, 1.54) is 12.1 Å². The monoisotopic (exact) mass is 394 g/mol. The zero-order valence-electron chi connectivity index (χ0n) is 14.9. The van der Waals surface area contributed by atoms with Gasteiger partial charge in [-0.2, -0.15) is 0 Å². The van der Waals surface area contributed by atoms with Gasteiger partial charge in [0.25, 0.3) is 0 Å². The Morgan fingerprint density at radius 3 is 2.52 bits per heavy atom. The summed E-state index contributed by atoms with van der Waals surface area (Å²) in [6.07, 6.45) is 1.03. The number of carbonyl (C=O) groups excluding carboxylic acids is 1. The predicted molar refractivity (Wildman–Crippen MR) is 105 cm³/mol. The molecule has 0 atom stereocenters. The van der Waals surface area contributed by atoms with E-state index >= 15 is 0 Å². The molecule has 2 aromatic carbocycles. The van der Waals surface area contributed by atoms with E-state index < -0.39 is 5.41 Å². The Kier molecular flexibility index (Phi) is 7.59. The molecule has 2 aromatic rings. The summed E-state index contributed by atoms with van der Waals surface area (Å²) in [4.78, 5) is 13.1. The van der Waals surface area contributed by atoms with Crippen molar-refractivity contribution in [1.29, 1.82) is 0 Å². The fourth-order valence-electron chi connectivity index (χ4n) is 3.21. The van der Waals surface area contributed by atoms with Gasteiger partial charge < -0.3 is 20.5 Å². The van der Waals surface area contributed by atoms with Crippen LogP contribution in [0.2, 0.25) is 0 Å². The zero-order chi connectivity index (χ0) is 18.4. The fraction of sp³-hybridized carbons (Fsp3) is 0.350. The molecule has 1 aliphatic rings. The number of rotatable bonds is 6. The topological polar surface area (TPSA) is 73.6 Å². The van der Waals surface area contributed by atoms with Crippen molar-refractivity contribution in [3.63, 3.8) is 0 Å². The first-order valence-electron chi connectivity index (χ1n) is 8.72. The van der Waals surface area contributed by atoms with Crippen LogP contribution in [0.5, 0.6) is 5.75 Å². The molecule has 1 heterocycles. The van der Waals surface area contributed by atoms with Crippen molar-refractivity contribution in [3.8, 4) is 5.75 Å². The Labute approximate surface area is 164 Å². The highest BCUT2D eigenvalue weighted by atomic mass is 35.5. The number of ether oxygens (including phenoxy) is 2. The molecule has 3 rings (SSSR count). The lowest BCUT2D eigenvalue weighted by molar-refractivity contribution is -0.125. The number of nitrogens with two attached hydrogens (primary N) is 1. The van der Waals surface area contributed by atoms with Gasteiger partial charge in [0.1, 0.15) is 18.2 Å². The van der Waals surface area contributed by atoms with Crippen LogP contribution in [0.25, 0.3) is 0 Å². The number of hydrogen-bond acceptors (Lipinski definition) is 4. The van der Waals surface area contributed by atoms with Gasteiger partial charge in [0.05, 0.1) is 5.41 Å². The highest BCUT2D eigenvalue weighted by Gasteiger charge is 2.42. The molecule has 1 aliphatic heterocycles. The van der Waals surface area contributed by atoms with Crippen molar-refractivity contribution in [3.05, 3.63) is 59.9 Å². The van der Waals surface area contributed by atoms with Gasteiger partial charge in [-0.1, -0.05) is 12.1 Å². The molecule has 1 saturated heterocycles. The maximum absolute atomic E-state index is 13.7. The second-order valence-electron chi connectivity index (χ2n) is 6.32. The zero-order valence-corrected chi connectivity index (χ0v) is 15.8. The first kappa shape index (κ1) is 21.2. The summed E-state index contributed by atoms with van der Waals surface area (Å²) in [6, 6.07) is 13.4. The Bertz CT molecular complexity index is 749. The molecular formula is C20H24ClFN2O3. The molecule has 7 heteroatoms. The molecule has 0 spiro atoms. The second kappa shape index (κ2) is 9.69. The highest BCUT2D eigenvalue weighted by Crippen LogP contribution is 2.36. The third-order valence-corrected chi connectivity index (χ3v) is 4.66. The van der Waals surface area contributed by atoms with Gasteiger partial charge in [-0.3, -0.25) is 4.79 Å². The highest BCUT2D eigenvalue weighted by molar-refractivity contribution is 5.99. The summed E-state index contributed by atoms with van der Waals surface area (Å²) in [5, 5.41) is 2.96. The Balaban J connectivity index is 0.00000261. The number of nitrogens with one attached hydrogen (secondary N) is 1. The summed E-state index contributed by atoms with van der Waals surface area (Å²) in [5.74, 6) is 0.198. The number of halogens is 2. The molecule has 0 unspecified atom stereocenters. The Morgan fingerprint density at radius 2 is 1.89 bits per heavy atom. The number of amides is 1. The summed E-state index contributed by atoms with van der Waals surface area (Å²) in [6.45, 7) is 1.82. The standard InChI is InChI=1S/C20H23FN2O3.ClH/c21-16-3-1-2-15(14-16)20(8-11-25-12-9-20)19(24)23-17-4-6-18(7-5-17)26-13-10-22;/h1-7,14H,8-13,22H2,(H,23,24);1H. The Hall–Kier alpha value is -2.15. The molecule has 0 aliphatic carbocycles. The van der Waals surface area contributed by atoms with Crippen molar-refractivity contribution in [2.45, 2.75) is 18.3 Å². The smallest absolute Gasteiger partial charge is 0.235 e. The van der Waals surface area contributed by atoms with E-state index in [1.54, 1.807) is 36.4 Å². The normalized spacial score (nSPS) is 15.5. The van der Waals surface area contributed by atoms with Crippen molar-refractivity contribution in [2.75, 3.05) is 31.7 Å². The molecule has 1 fully saturated rings. The first-order valence-corrected chi connectivity index (χ1v) is 8.72. The average molecular weight is 395 g/mol. The molecular weight excluding hydrogens is 371 g/mol. The van der Waals surface area contributed by atoms with Crippen LogP contribution in [0.1, 0.15) is 18.4 Å². The minimum Gasteiger partial charge on any atom is -0.492 e. The van der Waals surface area contributed by atoms with Gasteiger partial charge >= 0.3 is 0 Å². The minimum atomic E-state index is -0.797. The lowest BCUT2D eigenvalue weighted by Crippen LogP contribution is -2.44. The number of hydrogen-bond donors (Lipinski definition) is 2. The van der Waals surface area contributed by atoms with Crippen LogP contribution in [0.3, 0.4) is 0 Å². The van der Waals surface area contributed by atoms with Gasteiger partial charge in [-0.15, -0.1) is 12.4 Å². The lowest BCUT2D eigenvalue weighted by Gasteiger charge is -2.36. The molecule has 5 nitrogen and oxygen atoms in total. The maximum atomic E-state index is 13.7. The summed E-state index contributed by atoms with van der Waals surface area (Å²) >= 11 is 0. The van der Waals surface area contributed by atoms with Crippen molar-refractivity contribution < 1.29 is 18.7 Å². The van der Waals surface area contributed by atoms with Crippen LogP contribution in [-0.2, 0) is 14.9 Å². The molecule has 1 amide bonds. The quantitative estimate of drug-likeness (QED) is 0.788. The molecule has 27 heavy (non-hydrogen) atoms. The summed E-state index contributed by atoms with van der Waals surface area (Å²) < 4.78 is 24.6. The molecule has 146 valence electrons. The van der Waals surface area contributed by atoms with Crippen LogP contribution in [0.15, 0.2) is 48.5 Å². The van der Waals surface area contributed by atoms with Crippen molar-refractivity contribution in [2.24, 2.45) is 5.73 Å². The van der Waals surface area contributed by atoms with Gasteiger partial charge in [0, 0.05) is 25.4 Å². The van der Waals surface area contributed by atoms with E-state index in [2.05, 4.69) is 5.32 Å². The molecule has 0 aromatic heterocycles. The van der Waals surface area contributed by atoms with Gasteiger partial charge in [-0.05, 0) is 54.8 Å². The Morgan fingerprint density at radius 1 is 1.19 bits per heavy atom. The van der Waals surface area contributed by atoms with Crippen LogP contribution < -0.4 is 15.8 Å². The SMILES string of the molecule is Cl.NCCOc1ccc(NC(=O)C2(c3cccc(F)c3)CCOCC2)cc1. The maximum Gasteiger partial charge on any atom is 0.235 e. The number of benzene rings is 2. The number of anilines is 1. The molecule has 3 N–H and O–H groups in total. The third-order valence-electron chi connectivity index (χ3n) is 4.66. The van der Waals surface area contributed by atoms with E-state index in [4.69, 9.17) is 15.2 Å². The van der Waals surface area contributed by atoms with E-state index in [0.29, 0.717) is 56.2 Å². The van der Waals surface area contributed by atoms with Crippen LogP contribution in [0, 0.1) is 5.82 Å². The van der Waals surface area contributed by atoms with E-state index in [9.17, 15) is 9.18 Å². The molecule has 0 radical (unpaired) electrons. The predicted octanol–water partition coefficient (Wildman–Crippen LogP) is 3.27. The van der Waals surface area contributed by atoms with E-state index in [-0.39, 0.29) is 24.1 Å². The largest absolute Gasteiger partial charge is 0.492 e. The van der Waals surface area contributed by atoms with E-state index in [0.717, 1.165) is 0 Å². The van der Waals surface area contributed by atoms with Crippen LogP contribution >= 0.6 is 12.4 Å². The van der Waals surface area contributed by atoms with Crippen LogP contribution in [0.4, 0.5) is 10.1 Å². The average Bonchev–Trinajstić information content (AvgIpc) is 2.68. The number of carbonyl (C=O) groups is 1. The van der Waals surface area contributed by atoms with Crippen LogP contribution in [-0.4, -0.2) is 32.3 Å². The summed E-state index contributed by atoms with van der Waals surface area (Å²) in [7, 11) is 0. The third kappa shape index (κ3) is 4.97. The minimum absolute atomic E-state index is 0. The first-order chi connectivity index (χ1) is 12.6. The van der Waals surface area contributed by atoms with Gasteiger partial charge in [-0.25, -0.2) is 4.39 Å². The summed E-state index contributed by atoms with van der Waals surface area (Å²) in [5.41, 5.74) is 5.97. The van der Waals surface area contributed by atoms with Gasteiger partial charge in [0.2, 0.25) is 5.91 Å². The molecule has 0 bridgehead atoms.